The highest BCUT2D eigenvalue weighted by Crippen LogP contribution is 2.35. The lowest BCUT2D eigenvalue weighted by molar-refractivity contribution is -0.358. The number of hydrogen-bond acceptors (Lipinski definition) is 7. The van der Waals surface area contributed by atoms with Crippen LogP contribution < -0.4 is 0 Å². The Morgan fingerprint density at radius 2 is 2.00 bits per heavy atom. The molecular weight excluding hydrogens is 304 g/mol. The van der Waals surface area contributed by atoms with Crippen molar-refractivity contribution in [1.82, 2.24) is 0 Å². The molecule has 1 N–H and O–H groups in total. The zero-order valence-corrected chi connectivity index (χ0v) is 13.0. The van der Waals surface area contributed by atoms with E-state index in [4.69, 9.17) is 23.7 Å². The molecule has 0 aliphatic carbocycles. The molecule has 2 fully saturated rings. The summed E-state index contributed by atoms with van der Waals surface area (Å²) in [5, 5.41) is 10.3. The van der Waals surface area contributed by atoms with E-state index >= 15 is 0 Å². The molecule has 0 amide bonds. The number of aliphatic hydroxyl groups excluding tert-OH is 1. The predicted molar refractivity (Wildman–Crippen MR) is 77.2 cm³/mol. The number of fused-ring (bicyclic) bond motifs is 1. The zero-order valence-electron chi connectivity index (χ0n) is 13.0. The minimum atomic E-state index is -1.14. The number of aliphatic hydroxyl groups is 1. The Bertz CT molecular complexity index is 534. The lowest BCUT2D eigenvalue weighted by Crippen LogP contribution is -2.63. The van der Waals surface area contributed by atoms with Crippen LogP contribution in [0.4, 0.5) is 0 Å². The molecule has 2 aliphatic heterocycles. The fourth-order valence-electron chi connectivity index (χ4n) is 2.86. The summed E-state index contributed by atoms with van der Waals surface area (Å²) in [5.74, 6) is -0.504. The van der Waals surface area contributed by atoms with Gasteiger partial charge in [0.1, 0.15) is 18.3 Å². The molecule has 0 saturated carbocycles. The lowest BCUT2D eigenvalue weighted by atomic mass is 9.97. The fraction of sp³-hybridized carbons (Fsp3) is 0.562. The van der Waals surface area contributed by atoms with Gasteiger partial charge in [-0.25, -0.2) is 0 Å². The van der Waals surface area contributed by atoms with E-state index in [1.165, 1.54) is 14.0 Å². The molecule has 126 valence electrons. The van der Waals surface area contributed by atoms with E-state index in [1.807, 2.05) is 30.3 Å². The number of hydrogen-bond donors (Lipinski definition) is 1. The third-order valence-electron chi connectivity index (χ3n) is 3.91. The van der Waals surface area contributed by atoms with Crippen LogP contribution in [-0.2, 0) is 28.5 Å². The second-order valence-electron chi connectivity index (χ2n) is 5.52. The van der Waals surface area contributed by atoms with Gasteiger partial charge in [0.2, 0.25) is 0 Å². The molecule has 6 atom stereocenters. The van der Waals surface area contributed by atoms with Crippen LogP contribution in [0.3, 0.4) is 0 Å². The van der Waals surface area contributed by atoms with Gasteiger partial charge in [-0.3, -0.25) is 4.79 Å². The Kier molecular flexibility index (Phi) is 4.93. The minimum absolute atomic E-state index is 0.245. The second-order valence-corrected chi connectivity index (χ2v) is 5.52. The summed E-state index contributed by atoms with van der Waals surface area (Å²) in [7, 11) is 1.41. The Balaban J connectivity index is 1.80. The number of carbonyl (C=O) groups excluding carboxylic acids is 1. The van der Waals surface area contributed by atoms with E-state index in [9.17, 15) is 9.90 Å². The molecule has 7 heteroatoms. The van der Waals surface area contributed by atoms with Gasteiger partial charge in [-0.05, 0) is 0 Å². The Morgan fingerprint density at radius 1 is 1.26 bits per heavy atom. The topological polar surface area (TPSA) is 83.5 Å². The Morgan fingerprint density at radius 3 is 2.65 bits per heavy atom. The van der Waals surface area contributed by atoms with Gasteiger partial charge in [-0.1, -0.05) is 30.3 Å². The van der Waals surface area contributed by atoms with Crippen LogP contribution in [0.1, 0.15) is 18.8 Å². The van der Waals surface area contributed by atoms with Crippen molar-refractivity contribution in [1.29, 1.82) is 0 Å². The largest absolute Gasteiger partial charge is 0.457 e. The highest BCUT2D eigenvalue weighted by atomic mass is 16.8. The van der Waals surface area contributed by atoms with Crippen LogP contribution >= 0.6 is 0 Å². The minimum Gasteiger partial charge on any atom is -0.457 e. The van der Waals surface area contributed by atoms with E-state index < -0.39 is 43.0 Å². The first kappa shape index (κ1) is 16.4. The van der Waals surface area contributed by atoms with E-state index in [2.05, 4.69) is 0 Å². The van der Waals surface area contributed by atoms with E-state index in [0.717, 1.165) is 5.56 Å². The van der Waals surface area contributed by atoms with Crippen LogP contribution in [0.15, 0.2) is 30.3 Å². The number of ether oxygens (including phenoxy) is 5. The Hall–Kier alpha value is -1.51. The van der Waals surface area contributed by atoms with Crippen molar-refractivity contribution >= 4 is 5.97 Å². The molecule has 1 unspecified atom stereocenters. The highest BCUT2D eigenvalue weighted by Gasteiger charge is 2.51. The van der Waals surface area contributed by atoms with Gasteiger partial charge in [0.05, 0.1) is 6.61 Å². The molecule has 1 aromatic rings. The van der Waals surface area contributed by atoms with Gasteiger partial charge in [-0.15, -0.1) is 0 Å². The molecule has 0 spiro atoms. The van der Waals surface area contributed by atoms with E-state index in [1.54, 1.807) is 0 Å². The van der Waals surface area contributed by atoms with Crippen LogP contribution in [0.2, 0.25) is 0 Å². The maximum atomic E-state index is 11.4. The number of methoxy groups -OCH3 is 1. The summed E-state index contributed by atoms with van der Waals surface area (Å²) in [4.78, 5) is 11.4. The van der Waals surface area contributed by atoms with E-state index in [0.29, 0.717) is 0 Å². The first-order valence-corrected chi connectivity index (χ1v) is 7.45. The standard InChI is InChI=1S/C16H20O7/c1-9(17)21-14-12(18)16(19-2)22-11-8-20-15(23-13(11)14)10-6-4-3-5-7-10/h3-7,11-16,18H,8H2,1-2H3/t11-,12-,13+,14-,15?,16+/m1/s1. The summed E-state index contributed by atoms with van der Waals surface area (Å²) in [6.45, 7) is 1.53. The van der Waals surface area contributed by atoms with Gasteiger partial charge in [-0.2, -0.15) is 0 Å². The zero-order chi connectivity index (χ0) is 16.4. The van der Waals surface area contributed by atoms with Gasteiger partial charge in [0.15, 0.2) is 18.7 Å². The molecule has 2 saturated heterocycles. The molecule has 3 rings (SSSR count). The van der Waals surface area contributed by atoms with Crippen LogP contribution in [0.25, 0.3) is 0 Å². The Labute approximate surface area is 134 Å². The number of esters is 1. The third-order valence-corrected chi connectivity index (χ3v) is 3.91. The SMILES string of the molecule is CO[C@H]1O[C@@H]2COC(c3ccccc3)O[C@@H]2[C@H](OC(C)=O)[C@H]1O. The summed E-state index contributed by atoms with van der Waals surface area (Å²) in [5.41, 5.74) is 0.843. The van der Waals surface area contributed by atoms with Gasteiger partial charge < -0.3 is 28.8 Å². The molecule has 23 heavy (non-hydrogen) atoms. The molecule has 0 aromatic heterocycles. The van der Waals surface area contributed by atoms with Crippen molar-refractivity contribution in [3.8, 4) is 0 Å². The maximum Gasteiger partial charge on any atom is 0.303 e. The smallest absolute Gasteiger partial charge is 0.303 e. The summed E-state index contributed by atoms with van der Waals surface area (Å²) >= 11 is 0. The van der Waals surface area contributed by atoms with Gasteiger partial charge in [0, 0.05) is 19.6 Å². The monoisotopic (exact) mass is 324 g/mol. The fourth-order valence-corrected chi connectivity index (χ4v) is 2.86. The van der Waals surface area contributed by atoms with Gasteiger partial charge in [0.25, 0.3) is 0 Å². The normalized spacial score (nSPS) is 37.0. The quantitative estimate of drug-likeness (QED) is 0.822. The van der Waals surface area contributed by atoms with Crippen molar-refractivity contribution < 1.29 is 33.6 Å². The number of benzene rings is 1. The van der Waals surface area contributed by atoms with Crippen molar-refractivity contribution in [3.05, 3.63) is 35.9 Å². The highest BCUT2D eigenvalue weighted by molar-refractivity contribution is 5.66. The van der Waals surface area contributed by atoms with Crippen LogP contribution in [0, 0.1) is 0 Å². The first-order chi connectivity index (χ1) is 11.1. The summed E-state index contributed by atoms with van der Waals surface area (Å²) in [6, 6.07) is 9.41. The molecular formula is C16H20O7. The maximum absolute atomic E-state index is 11.4. The molecule has 0 bridgehead atoms. The van der Waals surface area contributed by atoms with Crippen LogP contribution in [0.5, 0.6) is 0 Å². The predicted octanol–water partition coefficient (Wildman–Crippen LogP) is 0.764. The average Bonchev–Trinajstić information content (AvgIpc) is 2.57. The van der Waals surface area contributed by atoms with Crippen molar-refractivity contribution in [2.24, 2.45) is 0 Å². The molecule has 1 aromatic carbocycles. The van der Waals surface area contributed by atoms with Crippen LogP contribution in [-0.4, -0.2) is 55.5 Å². The molecule has 2 aliphatic rings. The van der Waals surface area contributed by atoms with Crippen molar-refractivity contribution in [3.63, 3.8) is 0 Å². The molecule has 2 heterocycles. The van der Waals surface area contributed by atoms with Crippen molar-refractivity contribution in [2.45, 2.75) is 43.9 Å². The van der Waals surface area contributed by atoms with Crippen molar-refractivity contribution in [2.75, 3.05) is 13.7 Å². The summed E-state index contributed by atoms with van der Waals surface area (Å²) in [6.07, 6.45) is -4.66. The molecule has 0 radical (unpaired) electrons. The summed E-state index contributed by atoms with van der Waals surface area (Å²) < 4.78 is 27.6. The third kappa shape index (κ3) is 3.39. The van der Waals surface area contributed by atoms with E-state index in [-0.39, 0.29) is 6.61 Å². The van der Waals surface area contributed by atoms with Gasteiger partial charge >= 0.3 is 5.97 Å². The molecule has 7 nitrogen and oxygen atoms in total. The second kappa shape index (κ2) is 6.94. The first-order valence-electron chi connectivity index (χ1n) is 7.45. The number of rotatable bonds is 3. The number of carbonyl (C=O) groups is 1. The lowest BCUT2D eigenvalue weighted by Gasteiger charge is -2.46. The average molecular weight is 324 g/mol.